The van der Waals surface area contributed by atoms with Crippen molar-refractivity contribution in [1.82, 2.24) is 0 Å². The minimum absolute atomic E-state index is 0.0586. The fourth-order valence-corrected chi connectivity index (χ4v) is 12.4. The summed E-state index contributed by atoms with van der Waals surface area (Å²) in [5.41, 5.74) is 0.750. The molecule has 0 radical (unpaired) electrons. The summed E-state index contributed by atoms with van der Waals surface area (Å²) in [6.45, 7) is 0.192. The topological polar surface area (TPSA) is 108 Å². The van der Waals surface area contributed by atoms with E-state index in [-0.39, 0.29) is 56.9 Å². The van der Waals surface area contributed by atoms with E-state index in [1.807, 2.05) is 0 Å². The lowest BCUT2D eigenvalue weighted by Crippen LogP contribution is -2.54. The second-order valence-corrected chi connectivity index (χ2v) is 20.0. The summed E-state index contributed by atoms with van der Waals surface area (Å²) < 4.78 is 107. The molecule has 8 unspecified atom stereocenters. The first kappa shape index (κ1) is 42.2. The van der Waals surface area contributed by atoms with Crippen LogP contribution in [0.1, 0.15) is 110 Å². The fraction of sp³-hybridized carbons (Fsp3) is 0.867. The molecule has 0 N–H and O–H groups in total. The summed E-state index contributed by atoms with van der Waals surface area (Å²) in [5.74, 6) is -11.9. The molecule has 1 spiro atoms. The van der Waals surface area contributed by atoms with Gasteiger partial charge in [-0.15, -0.1) is 0 Å². The minimum Gasteiger partial charge on any atom is -0.465 e. The molecular formula is C45H62F4O10. The first-order valence-corrected chi connectivity index (χ1v) is 22.5. The normalized spacial score (nSPS) is 41.7. The molecule has 330 valence electrons. The highest BCUT2D eigenvalue weighted by atomic mass is 19.3. The maximum atomic E-state index is 14.4. The van der Waals surface area contributed by atoms with Gasteiger partial charge in [0.15, 0.2) is 18.4 Å². The van der Waals surface area contributed by atoms with Crippen LogP contribution in [0.3, 0.4) is 0 Å². The van der Waals surface area contributed by atoms with Crippen LogP contribution in [0.4, 0.5) is 17.6 Å². The predicted octanol–water partition coefficient (Wildman–Crippen LogP) is 8.31. The number of rotatable bonds is 8. The Labute approximate surface area is 344 Å². The first-order chi connectivity index (χ1) is 28.3. The van der Waals surface area contributed by atoms with E-state index in [0.29, 0.717) is 44.3 Å². The van der Waals surface area contributed by atoms with Gasteiger partial charge in [0.25, 0.3) is 0 Å². The molecule has 3 aliphatic heterocycles. The molecule has 0 aromatic rings. The molecule has 6 bridgehead atoms. The van der Waals surface area contributed by atoms with Gasteiger partial charge in [-0.25, -0.2) is 0 Å². The Morgan fingerprint density at radius 3 is 2.17 bits per heavy atom. The average molecular weight is 839 g/mol. The zero-order chi connectivity index (χ0) is 41.0. The standard InChI is InChI=1S/C45H62F4O10/c1-28-12-32-17-33(19-36(18-32)45(28)58-26-43(46,47)44(48,49)27-59-45)37(50)54-22-41(23-55-38(56-24-41)34-14-29-6-4-7-30(13-29)15-34)25-57-40(51)42-9-5-8-31(20-42)16-35(21-42)39-52-10-2-3-11-53-39/h12,14,28,30-31,33-36,38-39H,2-11,13,15-27H2,1H3. The molecule has 9 rings (SSSR count). The lowest BCUT2D eigenvalue weighted by atomic mass is 9.58. The predicted molar refractivity (Wildman–Crippen MR) is 203 cm³/mol. The van der Waals surface area contributed by atoms with Gasteiger partial charge in [0.05, 0.1) is 30.0 Å². The third-order valence-electron chi connectivity index (χ3n) is 15.5. The molecule has 10 nitrogen and oxygen atoms in total. The van der Waals surface area contributed by atoms with Gasteiger partial charge in [0.1, 0.15) is 26.4 Å². The lowest BCUT2D eigenvalue weighted by Gasteiger charge is -2.49. The van der Waals surface area contributed by atoms with Crippen LogP contribution in [-0.4, -0.2) is 95.0 Å². The summed E-state index contributed by atoms with van der Waals surface area (Å²) in [6, 6.07) is 0. The smallest absolute Gasteiger partial charge is 0.335 e. The molecule has 0 aromatic carbocycles. The molecule has 3 heterocycles. The number of ether oxygens (including phenoxy) is 8. The summed E-state index contributed by atoms with van der Waals surface area (Å²) in [7, 11) is 0. The molecule has 6 aliphatic carbocycles. The minimum atomic E-state index is -4.39. The van der Waals surface area contributed by atoms with Crippen molar-refractivity contribution < 1.29 is 65.0 Å². The molecule has 0 aromatic heterocycles. The van der Waals surface area contributed by atoms with Crippen LogP contribution in [0, 0.1) is 52.3 Å². The maximum absolute atomic E-state index is 14.4. The Kier molecular flexibility index (Phi) is 11.8. The van der Waals surface area contributed by atoms with Gasteiger partial charge in [0, 0.05) is 36.9 Å². The third-order valence-corrected chi connectivity index (χ3v) is 15.5. The van der Waals surface area contributed by atoms with E-state index in [1.54, 1.807) is 13.0 Å². The van der Waals surface area contributed by atoms with Crippen molar-refractivity contribution in [3.63, 3.8) is 0 Å². The third kappa shape index (κ3) is 8.42. The number of esters is 2. The van der Waals surface area contributed by atoms with Crippen molar-refractivity contribution in [1.29, 1.82) is 0 Å². The van der Waals surface area contributed by atoms with E-state index in [2.05, 4.69) is 6.08 Å². The first-order valence-electron chi connectivity index (χ1n) is 22.5. The van der Waals surface area contributed by atoms with Crippen LogP contribution in [-0.2, 0) is 47.5 Å². The Balaban J connectivity index is 0.891. The van der Waals surface area contributed by atoms with Crippen LogP contribution in [0.2, 0.25) is 0 Å². The second-order valence-electron chi connectivity index (χ2n) is 20.0. The molecule has 8 atom stereocenters. The lowest BCUT2D eigenvalue weighted by molar-refractivity contribution is -0.292. The number of carbonyl (C=O) groups excluding carboxylic acids is 2. The average Bonchev–Trinajstić information content (AvgIpc) is 3.56. The van der Waals surface area contributed by atoms with Crippen molar-refractivity contribution in [2.24, 2.45) is 52.3 Å². The molecule has 3 saturated heterocycles. The number of fused-ring (bicyclic) bond motifs is 7. The van der Waals surface area contributed by atoms with E-state index >= 15 is 0 Å². The number of carbonyl (C=O) groups is 2. The molecule has 0 amide bonds. The SMILES string of the molecule is CC1C=C2CC(C(=O)OCC3(COC(=O)C45CCCC(CC(C6OCCCCO6)C4)C5)COC(C4C=C5CCCC(C5)C4)OC3)CC(C2)C12OCC(F)(F)C(F)(F)CO2. The Bertz CT molecular complexity index is 1600. The van der Waals surface area contributed by atoms with Gasteiger partial charge in [-0.05, 0) is 102 Å². The molecular weight excluding hydrogens is 776 g/mol. The van der Waals surface area contributed by atoms with Crippen LogP contribution < -0.4 is 0 Å². The number of hydrogen-bond donors (Lipinski definition) is 0. The summed E-state index contributed by atoms with van der Waals surface area (Å²) in [6.07, 6.45) is 17.0. The number of allylic oxidation sites excluding steroid dienone is 2. The zero-order valence-electron chi connectivity index (χ0n) is 34.4. The maximum Gasteiger partial charge on any atom is 0.335 e. The van der Waals surface area contributed by atoms with Crippen LogP contribution in [0.25, 0.3) is 0 Å². The van der Waals surface area contributed by atoms with Gasteiger partial charge < -0.3 is 37.9 Å². The molecule has 59 heavy (non-hydrogen) atoms. The highest BCUT2D eigenvalue weighted by Gasteiger charge is 2.64. The van der Waals surface area contributed by atoms with Gasteiger partial charge in [-0.1, -0.05) is 43.1 Å². The van der Waals surface area contributed by atoms with Crippen LogP contribution in [0.15, 0.2) is 23.3 Å². The number of hydrogen-bond acceptors (Lipinski definition) is 10. The highest BCUT2D eigenvalue weighted by Crippen LogP contribution is 2.55. The van der Waals surface area contributed by atoms with E-state index in [9.17, 15) is 27.2 Å². The van der Waals surface area contributed by atoms with E-state index < -0.39 is 71.7 Å². The largest absolute Gasteiger partial charge is 0.465 e. The summed E-state index contributed by atoms with van der Waals surface area (Å²) in [5, 5.41) is 0. The fourth-order valence-electron chi connectivity index (χ4n) is 12.4. The van der Waals surface area contributed by atoms with E-state index in [4.69, 9.17) is 37.9 Å². The van der Waals surface area contributed by atoms with E-state index in [0.717, 1.165) is 69.8 Å². The Morgan fingerprint density at radius 1 is 0.729 bits per heavy atom. The molecule has 9 aliphatic rings. The Morgan fingerprint density at radius 2 is 1.44 bits per heavy atom. The number of halogens is 4. The van der Waals surface area contributed by atoms with Crippen molar-refractivity contribution >= 4 is 11.9 Å². The van der Waals surface area contributed by atoms with Crippen molar-refractivity contribution in [2.45, 2.75) is 140 Å². The quantitative estimate of drug-likeness (QED) is 0.135. The van der Waals surface area contributed by atoms with Gasteiger partial charge >= 0.3 is 23.8 Å². The monoisotopic (exact) mass is 838 g/mol. The van der Waals surface area contributed by atoms with Gasteiger partial charge in [-0.2, -0.15) is 17.6 Å². The molecule has 14 heteroatoms. The number of alkyl halides is 4. The zero-order valence-corrected chi connectivity index (χ0v) is 34.4. The van der Waals surface area contributed by atoms with Gasteiger partial charge in [-0.3, -0.25) is 9.59 Å². The van der Waals surface area contributed by atoms with Crippen molar-refractivity contribution in [2.75, 3.05) is 52.9 Å². The highest BCUT2D eigenvalue weighted by molar-refractivity contribution is 5.77. The molecule has 7 fully saturated rings. The summed E-state index contributed by atoms with van der Waals surface area (Å²) >= 11 is 0. The summed E-state index contributed by atoms with van der Waals surface area (Å²) in [4.78, 5) is 28.4. The van der Waals surface area contributed by atoms with E-state index in [1.165, 1.54) is 18.4 Å². The van der Waals surface area contributed by atoms with Crippen molar-refractivity contribution in [3.8, 4) is 0 Å². The second kappa shape index (κ2) is 16.5. The van der Waals surface area contributed by atoms with Crippen LogP contribution >= 0.6 is 0 Å². The Hall–Kier alpha value is -2.10. The van der Waals surface area contributed by atoms with Crippen molar-refractivity contribution in [3.05, 3.63) is 23.3 Å². The van der Waals surface area contributed by atoms with Gasteiger partial charge in [0.2, 0.25) is 0 Å². The molecule has 4 saturated carbocycles. The van der Waals surface area contributed by atoms with Crippen LogP contribution in [0.5, 0.6) is 0 Å².